The molecule has 1 heterocycles. The van der Waals surface area contributed by atoms with Gasteiger partial charge < -0.3 is 9.84 Å². The van der Waals surface area contributed by atoms with Crippen LogP contribution < -0.4 is 4.74 Å². The van der Waals surface area contributed by atoms with Gasteiger partial charge in [0.1, 0.15) is 12.1 Å². The van der Waals surface area contributed by atoms with Crippen molar-refractivity contribution in [1.29, 1.82) is 0 Å². The molecule has 0 aliphatic heterocycles. The summed E-state index contributed by atoms with van der Waals surface area (Å²) in [5, 5.41) is 8.74. The van der Waals surface area contributed by atoms with E-state index in [1.165, 1.54) is 6.33 Å². The van der Waals surface area contributed by atoms with Gasteiger partial charge in [-0.05, 0) is 18.2 Å². The van der Waals surface area contributed by atoms with Gasteiger partial charge in [-0.15, -0.1) is 0 Å². The number of ether oxygens (including phenoxy) is 1. The van der Waals surface area contributed by atoms with Gasteiger partial charge in [-0.2, -0.15) is 0 Å². The van der Waals surface area contributed by atoms with E-state index < -0.39 is 5.97 Å². The summed E-state index contributed by atoms with van der Waals surface area (Å²) < 4.78 is 5.24. The quantitative estimate of drug-likeness (QED) is 0.887. The number of aromatic nitrogens is 2. The van der Waals surface area contributed by atoms with Crippen molar-refractivity contribution in [2.45, 2.75) is 6.42 Å². The van der Waals surface area contributed by atoms with Crippen molar-refractivity contribution in [2.24, 2.45) is 0 Å². The highest BCUT2D eigenvalue weighted by Gasteiger charge is 2.09. The van der Waals surface area contributed by atoms with Gasteiger partial charge in [0.25, 0.3) is 0 Å². The minimum Gasteiger partial charge on any atom is -0.496 e. The second-order valence-corrected chi connectivity index (χ2v) is 3.67. The highest BCUT2D eigenvalue weighted by Crippen LogP contribution is 2.27. The molecule has 0 unspecified atom stereocenters. The molecule has 0 atom stereocenters. The van der Waals surface area contributed by atoms with Crippen LogP contribution in [0.3, 0.4) is 0 Å². The van der Waals surface area contributed by atoms with E-state index in [1.807, 2.05) is 24.3 Å². The van der Waals surface area contributed by atoms with Crippen LogP contribution in [0.25, 0.3) is 11.3 Å². The second kappa shape index (κ2) is 5.27. The largest absolute Gasteiger partial charge is 0.496 e. The molecule has 0 radical (unpaired) electrons. The number of carboxylic acid groups (broad SMARTS) is 1. The first-order valence-electron chi connectivity index (χ1n) is 5.37. The molecule has 0 aliphatic rings. The molecular formula is C13H12N2O3. The molecule has 0 bridgehead atoms. The molecule has 0 spiro atoms. The van der Waals surface area contributed by atoms with E-state index in [0.29, 0.717) is 17.1 Å². The van der Waals surface area contributed by atoms with Gasteiger partial charge in [0.2, 0.25) is 0 Å². The summed E-state index contributed by atoms with van der Waals surface area (Å²) in [6, 6.07) is 9.09. The van der Waals surface area contributed by atoms with E-state index in [4.69, 9.17) is 9.84 Å². The lowest BCUT2D eigenvalue weighted by Gasteiger charge is -2.07. The molecule has 0 saturated carbocycles. The van der Waals surface area contributed by atoms with E-state index in [9.17, 15) is 4.79 Å². The molecule has 1 N–H and O–H groups in total. The van der Waals surface area contributed by atoms with Crippen LogP contribution in [0.5, 0.6) is 5.75 Å². The molecule has 0 saturated heterocycles. The van der Waals surface area contributed by atoms with Gasteiger partial charge in [0.05, 0.1) is 24.9 Å². The van der Waals surface area contributed by atoms with Crippen LogP contribution in [0, 0.1) is 0 Å². The van der Waals surface area contributed by atoms with E-state index in [0.717, 1.165) is 5.56 Å². The van der Waals surface area contributed by atoms with Crippen LogP contribution in [-0.4, -0.2) is 28.2 Å². The number of aliphatic carboxylic acids is 1. The second-order valence-electron chi connectivity index (χ2n) is 3.67. The fraction of sp³-hybridized carbons (Fsp3) is 0.154. The van der Waals surface area contributed by atoms with Crippen LogP contribution in [0.1, 0.15) is 5.69 Å². The maximum absolute atomic E-state index is 10.7. The topological polar surface area (TPSA) is 72.3 Å². The van der Waals surface area contributed by atoms with Crippen molar-refractivity contribution in [3.63, 3.8) is 0 Å². The Morgan fingerprint density at radius 2 is 2.11 bits per heavy atom. The van der Waals surface area contributed by atoms with Crippen LogP contribution in [0.2, 0.25) is 0 Å². The molecule has 0 aliphatic carbocycles. The summed E-state index contributed by atoms with van der Waals surface area (Å²) in [5.74, 6) is -0.225. The molecule has 0 fully saturated rings. The molecule has 1 aromatic heterocycles. The molecule has 2 aromatic rings. The number of para-hydroxylation sites is 1. The molecule has 2 rings (SSSR count). The third kappa shape index (κ3) is 2.63. The maximum atomic E-state index is 10.7. The number of hydrogen-bond acceptors (Lipinski definition) is 4. The zero-order valence-electron chi connectivity index (χ0n) is 9.83. The average Bonchev–Trinajstić information content (AvgIpc) is 2.38. The van der Waals surface area contributed by atoms with Crippen molar-refractivity contribution in [3.8, 4) is 17.0 Å². The highest BCUT2D eigenvalue weighted by atomic mass is 16.5. The Morgan fingerprint density at radius 1 is 1.33 bits per heavy atom. The molecule has 5 heteroatoms. The fourth-order valence-electron chi connectivity index (χ4n) is 1.65. The molecule has 5 nitrogen and oxygen atoms in total. The summed E-state index contributed by atoms with van der Waals surface area (Å²) in [5.41, 5.74) is 1.94. The van der Waals surface area contributed by atoms with Gasteiger partial charge in [-0.3, -0.25) is 4.79 Å². The van der Waals surface area contributed by atoms with Gasteiger partial charge in [0, 0.05) is 5.56 Å². The van der Waals surface area contributed by atoms with Crippen molar-refractivity contribution < 1.29 is 14.6 Å². The Bertz CT molecular complexity index is 570. The Balaban J connectivity index is 2.41. The number of hydrogen-bond donors (Lipinski definition) is 1. The first kappa shape index (κ1) is 12.0. The number of rotatable bonds is 4. The van der Waals surface area contributed by atoms with Gasteiger partial charge in [-0.25, -0.2) is 9.97 Å². The number of methoxy groups -OCH3 is 1. The summed E-state index contributed by atoms with van der Waals surface area (Å²) in [7, 11) is 1.58. The average molecular weight is 244 g/mol. The van der Waals surface area contributed by atoms with E-state index in [2.05, 4.69) is 9.97 Å². The maximum Gasteiger partial charge on any atom is 0.309 e. The van der Waals surface area contributed by atoms with Gasteiger partial charge in [-0.1, -0.05) is 12.1 Å². The molecule has 0 amide bonds. The Morgan fingerprint density at radius 3 is 2.83 bits per heavy atom. The third-order valence-corrected chi connectivity index (χ3v) is 2.44. The van der Waals surface area contributed by atoms with E-state index in [1.54, 1.807) is 13.2 Å². The Kier molecular flexibility index (Phi) is 3.52. The van der Waals surface area contributed by atoms with Crippen LogP contribution in [0.15, 0.2) is 36.7 Å². The number of carboxylic acids is 1. The first-order chi connectivity index (χ1) is 8.70. The molecular weight excluding hydrogens is 232 g/mol. The lowest BCUT2D eigenvalue weighted by Crippen LogP contribution is -2.03. The summed E-state index contributed by atoms with van der Waals surface area (Å²) >= 11 is 0. The first-order valence-corrected chi connectivity index (χ1v) is 5.37. The number of carbonyl (C=O) groups is 1. The lowest BCUT2D eigenvalue weighted by atomic mass is 10.1. The van der Waals surface area contributed by atoms with Crippen LogP contribution >= 0.6 is 0 Å². The predicted molar refractivity (Wildman–Crippen MR) is 65.4 cm³/mol. The van der Waals surface area contributed by atoms with Gasteiger partial charge >= 0.3 is 5.97 Å². The Hall–Kier alpha value is -2.43. The molecule has 1 aromatic carbocycles. The standard InChI is InChI=1S/C13H12N2O3/c1-18-12-5-3-2-4-10(12)11-6-9(7-13(16)17)14-8-15-11/h2-6,8H,7H2,1H3,(H,16,17). The van der Waals surface area contributed by atoms with Crippen molar-refractivity contribution in [1.82, 2.24) is 9.97 Å². The van der Waals surface area contributed by atoms with Crippen molar-refractivity contribution in [3.05, 3.63) is 42.4 Å². The summed E-state index contributed by atoms with van der Waals surface area (Å²) in [6.07, 6.45) is 1.24. The zero-order chi connectivity index (χ0) is 13.0. The normalized spacial score (nSPS) is 10.1. The monoisotopic (exact) mass is 244 g/mol. The van der Waals surface area contributed by atoms with E-state index in [-0.39, 0.29) is 6.42 Å². The molecule has 92 valence electrons. The molecule has 18 heavy (non-hydrogen) atoms. The minimum absolute atomic E-state index is 0.120. The number of nitrogens with zero attached hydrogens (tertiary/aromatic N) is 2. The van der Waals surface area contributed by atoms with Gasteiger partial charge in [0.15, 0.2) is 0 Å². The van der Waals surface area contributed by atoms with Crippen LogP contribution in [-0.2, 0) is 11.2 Å². The predicted octanol–water partition coefficient (Wildman–Crippen LogP) is 1.78. The third-order valence-electron chi connectivity index (χ3n) is 2.44. The number of benzene rings is 1. The lowest BCUT2D eigenvalue weighted by molar-refractivity contribution is -0.136. The van der Waals surface area contributed by atoms with E-state index >= 15 is 0 Å². The highest BCUT2D eigenvalue weighted by molar-refractivity contribution is 5.71. The summed E-state index contributed by atoms with van der Waals surface area (Å²) in [6.45, 7) is 0. The van der Waals surface area contributed by atoms with Crippen molar-refractivity contribution >= 4 is 5.97 Å². The Labute approximate surface area is 104 Å². The minimum atomic E-state index is -0.917. The van der Waals surface area contributed by atoms with Crippen LogP contribution in [0.4, 0.5) is 0 Å². The summed E-state index contributed by atoms with van der Waals surface area (Å²) in [4.78, 5) is 18.7. The smallest absolute Gasteiger partial charge is 0.309 e. The zero-order valence-corrected chi connectivity index (χ0v) is 9.83. The SMILES string of the molecule is COc1ccccc1-c1cc(CC(=O)O)ncn1. The fourth-order valence-corrected chi connectivity index (χ4v) is 1.65. The van der Waals surface area contributed by atoms with Crippen molar-refractivity contribution in [2.75, 3.05) is 7.11 Å².